The van der Waals surface area contributed by atoms with E-state index in [9.17, 15) is 9.59 Å². The number of amides is 1. The van der Waals surface area contributed by atoms with Crippen molar-refractivity contribution in [2.75, 3.05) is 27.2 Å². The zero-order chi connectivity index (χ0) is 15.1. The minimum atomic E-state index is -0.285. The number of likely N-dealkylation sites (N-methyl/N-ethyl adjacent to an activating group) is 1. The van der Waals surface area contributed by atoms with E-state index in [4.69, 9.17) is 0 Å². The Labute approximate surface area is 126 Å². The predicted octanol–water partition coefficient (Wildman–Crippen LogP) is 0.778. The lowest BCUT2D eigenvalue weighted by atomic mass is 10.1. The van der Waals surface area contributed by atoms with Gasteiger partial charge in [0.05, 0.1) is 0 Å². The van der Waals surface area contributed by atoms with E-state index in [1.807, 2.05) is 14.1 Å². The highest BCUT2D eigenvalue weighted by atomic mass is 32.1. The first-order valence-corrected chi connectivity index (χ1v) is 7.77. The van der Waals surface area contributed by atoms with E-state index in [0.717, 1.165) is 0 Å². The van der Waals surface area contributed by atoms with Gasteiger partial charge in [-0.2, -0.15) is 0 Å². The van der Waals surface area contributed by atoms with E-state index < -0.39 is 0 Å². The second kappa shape index (κ2) is 5.23. The standard InChI is InChI=1S/C14H18N4O2S/c1-9-7-17(8-11(9)16(2)3)12(19)10-6-15-14-18(13(10)20)4-5-21-14/h4-6,9,11H,7-8H2,1-3H3/t9-,11+/m0/s1. The highest BCUT2D eigenvalue weighted by Gasteiger charge is 2.34. The molecule has 112 valence electrons. The van der Waals surface area contributed by atoms with Gasteiger partial charge in [-0.1, -0.05) is 6.92 Å². The molecular weight excluding hydrogens is 288 g/mol. The third-order valence-corrected chi connectivity index (χ3v) is 4.87. The fourth-order valence-electron chi connectivity index (χ4n) is 2.93. The number of aromatic nitrogens is 2. The molecule has 3 rings (SSSR count). The molecule has 2 aromatic heterocycles. The van der Waals surface area contributed by atoms with Gasteiger partial charge in [-0.25, -0.2) is 4.98 Å². The smallest absolute Gasteiger partial charge is 0.271 e. The number of carbonyl (C=O) groups is 1. The molecule has 2 atom stereocenters. The molecule has 0 aromatic carbocycles. The van der Waals surface area contributed by atoms with Gasteiger partial charge in [0.25, 0.3) is 11.5 Å². The third kappa shape index (κ3) is 2.36. The molecule has 0 saturated carbocycles. The molecular formula is C14H18N4O2S. The molecule has 1 saturated heterocycles. The summed E-state index contributed by atoms with van der Waals surface area (Å²) in [7, 11) is 4.03. The summed E-state index contributed by atoms with van der Waals surface area (Å²) in [5.41, 5.74) is -0.135. The number of hydrogen-bond donors (Lipinski definition) is 0. The average molecular weight is 306 g/mol. The maximum atomic E-state index is 12.6. The van der Waals surface area contributed by atoms with Crippen LogP contribution in [-0.4, -0.2) is 58.3 Å². The lowest BCUT2D eigenvalue weighted by Crippen LogP contribution is -2.37. The maximum Gasteiger partial charge on any atom is 0.271 e. The molecule has 0 radical (unpaired) electrons. The summed E-state index contributed by atoms with van der Waals surface area (Å²) in [6.07, 6.45) is 3.06. The van der Waals surface area contributed by atoms with E-state index in [2.05, 4.69) is 16.8 Å². The minimum absolute atomic E-state index is 0.150. The molecule has 6 nitrogen and oxygen atoms in total. The van der Waals surface area contributed by atoms with Gasteiger partial charge in [-0.15, -0.1) is 11.3 Å². The SMILES string of the molecule is C[C@H]1CN(C(=O)c2cnc3sccn3c2=O)C[C@H]1N(C)C. The summed E-state index contributed by atoms with van der Waals surface area (Å²) in [5, 5.41) is 1.79. The molecule has 1 aliphatic heterocycles. The van der Waals surface area contributed by atoms with Crippen LogP contribution in [0.15, 0.2) is 22.6 Å². The summed E-state index contributed by atoms with van der Waals surface area (Å²) < 4.78 is 1.43. The summed E-state index contributed by atoms with van der Waals surface area (Å²) in [6.45, 7) is 3.46. The molecule has 0 aliphatic carbocycles. The first-order valence-electron chi connectivity index (χ1n) is 6.89. The molecule has 0 unspecified atom stereocenters. The number of thiazole rings is 1. The monoisotopic (exact) mass is 306 g/mol. The number of nitrogens with zero attached hydrogens (tertiary/aromatic N) is 4. The fraction of sp³-hybridized carbons (Fsp3) is 0.500. The topological polar surface area (TPSA) is 57.9 Å². The molecule has 7 heteroatoms. The second-order valence-corrected chi connectivity index (χ2v) is 6.62. The fourth-order valence-corrected chi connectivity index (χ4v) is 3.60. The Hall–Kier alpha value is -1.73. The van der Waals surface area contributed by atoms with E-state index in [-0.39, 0.29) is 17.0 Å². The number of likely N-dealkylation sites (tertiary alicyclic amines) is 1. The Morgan fingerprint density at radius 3 is 2.86 bits per heavy atom. The summed E-state index contributed by atoms with van der Waals surface area (Å²) in [5.74, 6) is 0.175. The van der Waals surface area contributed by atoms with Crippen molar-refractivity contribution in [2.45, 2.75) is 13.0 Å². The van der Waals surface area contributed by atoms with Gasteiger partial charge in [-0.05, 0) is 20.0 Å². The highest BCUT2D eigenvalue weighted by Crippen LogP contribution is 2.21. The van der Waals surface area contributed by atoms with Crippen LogP contribution in [0.5, 0.6) is 0 Å². The van der Waals surface area contributed by atoms with Crippen LogP contribution in [0.25, 0.3) is 4.96 Å². The van der Waals surface area contributed by atoms with Crippen LogP contribution in [0.3, 0.4) is 0 Å². The van der Waals surface area contributed by atoms with Crippen molar-refractivity contribution in [1.82, 2.24) is 19.2 Å². The van der Waals surface area contributed by atoms with Crippen molar-refractivity contribution in [2.24, 2.45) is 5.92 Å². The molecule has 21 heavy (non-hydrogen) atoms. The summed E-state index contributed by atoms with van der Waals surface area (Å²) in [4.78, 5) is 33.6. The molecule has 3 heterocycles. The number of carbonyl (C=O) groups excluding carboxylic acids is 1. The number of hydrogen-bond acceptors (Lipinski definition) is 5. The van der Waals surface area contributed by atoms with Crippen molar-refractivity contribution in [3.8, 4) is 0 Å². The van der Waals surface area contributed by atoms with Gasteiger partial charge < -0.3 is 9.80 Å². The predicted molar refractivity (Wildman–Crippen MR) is 81.9 cm³/mol. The van der Waals surface area contributed by atoms with Gasteiger partial charge in [0, 0.05) is 36.9 Å². The average Bonchev–Trinajstić information content (AvgIpc) is 3.05. The van der Waals surface area contributed by atoms with Crippen LogP contribution in [0.1, 0.15) is 17.3 Å². The van der Waals surface area contributed by atoms with Gasteiger partial charge >= 0.3 is 0 Å². The van der Waals surface area contributed by atoms with Crippen LogP contribution in [0.4, 0.5) is 0 Å². The Kier molecular flexibility index (Phi) is 3.54. The van der Waals surface area contributed by atoms with Crippen molar-refractivity contribution in [3.63, 3.8) is 0 Å². The maximum absolute atomic E-state index is 12.6. The second-order valence-electron chi connectivity index (χ2n) is 5.75. The lowest BCUT2D eigenvalue weighted by Gasteiger charge is -2.22. The van der Waals surface area contributed by atoms with Gasteiger partial charge in [0.2, 0.25) is 0 Å². The van der Waals surface area contributed by atoms with E-state index in [1.165, 1.54) is 21.9 Å². The quantitative estimate of drug-likeness (QED) is 0.823. The molecule has 2 aromatic rings. The molecule has 1 amide bonds. The van der Waals surface area contributed by atoms with Gasteiger partial charge in [-0.3, -0.25) is 14.0 Å². The summed E-state index contributed by atoms with van der Waals surface area (Å²) in [6, 6.07) is 0.328. The first kappa shape index (κ1) is 14.2. The molecule has 1 aliphatic rings. The van der Waals surface area contributed by atoms with Gasteiger partial charge in [0.15, 0.2) is 4.96 Å². The zero-order valence-corrected chi connectivity index (χ0v) is 13.1. The van der Waals surface area contributed by atoms with Crippen LogP contribution < -0.4 is 5.56 Å². The molecule has 1 fully saturated rings. The molecule has 0 N–H and O–H groups in total. The minimum Gasteiger partial charge on any atom is -0.337 e. The number of rotatable bonds is 2. The van der Waals surface area contributed by atoms with Crippen LogP contribution in [0.2, 0.25) is 0 Å². The molecule has 0 spiro atoms. The van der Waals surface area contributed by atoms with E-state index >= 15 is 0 Å². The Morgan fingerprint density at radius 2 is 2.19 bits per heavy atom. The van der Waals surface area contributed by atoms with Gasteiger partial charge in [0.1, 0.15) is 5.56 Å². The molecule has 0 bridgehead atoms. The van der Waals surface area contributed by atoms with E-state index in [0.29, 0.717) is 30.0 Å². The van der Waals surface area contributed by atoms with Crippen molar-refractivity contribution >= 4 is 22.2 Å². The van der Waals surface area contributed by atoms with E-state index in [1.54, 1.807) is 16.5 Å². The Bertz CT molecular complexity index is 736. The van der Waals surface area contributed by atoms with Crippen LogP contribution in [-0.2, 0) is 0 Å². The number of fused-ring (bicyclic) bond motifs is 1. The normalized spacial score (nSPS) is 22.4. The van der Waals surface area contributed by atoms with Crippen LogP contribution >= 0.6 is 11.3 Å². The summed E-state index contributed by atoms with van der Waals surface area (Å²) >= 11 is 1.38. The van der Waals surface area contributed by atoms with Crippen molar-refractivity contribution in [1.29, 1.82) is 0 Å². The van der Waals surface area contributed by atoms with Crippen molar-refractivity contribution < 1.29 is 4.79 Å². The van der Waals surface area contributed by atoms with Crippen LogP contribution in [0, 0.1) is 5.92 Å². The first-order chi connectivity index (χ1) is 9.99. The largest absolute Gasteiger partial charge is 0.337 e. The Morgan fingerprint density at radius 1 is 1.43 bits per heavy atom. The zero-order valence-electron chi connectivity index (χ0n) is 12.3. The third-order valence-electron chi connectivity index (χ3n) is 4.10. The Balaban J connectivity index is 1.91. The highest BCUT2D eigenvalue weighted by molar-refractivity contribution is 7.15. The lowest BCUT2D eigenvalue weighted by molar-refractivity contribution is 0.0779. The van der Waals surface area contributed by atoms with Crippen molar-refractivity contribution in [3.05, 3.63) is 33.7 Å².